The monoisotopic (exact) mass is 462 g/mol. The van der Waals surface area contributed by atoms with E-state index in [2.05, 4.69) is 17.2 Å². The van der Waals surface area contributed by atoms with Crippen molar-refractivity contribution in [2.75, 3.05) is 0 Å². The van der Waals surface area contributed by atoms with Crippen molar-refractivity contribution >= 4 is 16.1 Å². The van der Waals surface area contributed by atoms with E-state index in [9.17, 15) is 26.4 Å². The van der Waals surface area contributed by atoms with Crippen LogP contribution in [0.25, 0.3) is 0 Å². The van der Waals surface area contributed by atoms with Gasteiger partial charge in [-0.2, -0.15) is 21.6 Å². The third kappa shape index (κ3) is 3.60. The van der Waals surface area contributed by atoms with Crippen molar-refractivity contribution in [3.63, 3.8) is 0 Å². The predicted octanol–water partition coefficient (Wildman–Crippen LogP) is 5.24. The van der Waals surface area contributed by atoms with Crippen LogP contribution in [0.3, 0.4) is 0 Å². The van der Waals surface area contributed by atoms with E-state index in [1.54, 1.807) is 6.08 Å². The highest BCUT2D eigenvalue weighted by Crippen LogP contribution is 2.65. The van der Waals surface area contributed by atoms with Crippen LogP contribution in [0.15, 0.2) is 23.5 Å². The lowest BCUT2D eigenvalue weighted by Crippen LogP contribution is -2.50. The summed E-state index contributed by atoms with van der Waals surface area (Å²) in [5.74, 6) is 0.353. The van der Waals surface area contributed by atoms with Crippen molar-refractivity contribution in [3.05, 3.63) is 23.5 Å². The molecule has 0 aliphatic heterocycles. The minimum atomic E-state index is -5.67. The molecule has 0 bridgehead atoms. The fourth-order valence-electron chi connectivity index (χ4n) is 6.79. The number of halogens is 3. The van der Waals surface area contributed by atoms with Crippen molar-refractivity contribution < 1.29 is 35.3 Å². The highest BCUT2D eigenvalue weighted by Gasteiger charge is 2.59. The van der Waals surface area contributed by atoms with Gasteiger partial charge in [-0.05, 0) is 67.8 Å². The Hall–Kier alpha value is -1.51. The van der Waals surface area contributed by atoms with Crippen molar-refractivity contribution in [2.24, 2.45) is 28.6 Å². The van der Waals surface area contributed by atoms with E-state index >= 15 is 0 Å². The van der Waals surface area contributed by atoms with Gasteiger partial charge in [0.05, 0.1) is 0 Å². The summed E-state index contributed by atoms with van der Waals surface area (Å²) in [4.78, 5) is 11.4. The molecule has 0 heterocycles. The average molecular weight is 463 g/mol. The molecule has 4 rings (SSSR count). The van der Waals surface area contributed by atoms with Crippen LogP contribution >= 0.6 is 0 Å². The molecule has 0 saturated heterocycles. The zero-order valence-corrected chi connectivity index (χ0v) is 18.8. The van der Waals surface area contributed by atoms with Gasteiger partial charge in [0.2, 0.25) is 0 Å². The number of hydrogen-bond donors (Lipinski definition) is 0. The molecule has 31 heavy (non-hydrogen) atoms. The van der Waals surface area contributed by atoms with Gasteiger partial charge >= 0.3 is 21.6 Å². The minimum Gasteiger partial charge on any atom is -0.462 e. The van der Waals surface area contributed by atoms with Crippen molar-refractivity contribution in [2.45, 2.75) is 77.3 Å². The number of ether oxygens (including phenoxy) is 1. The van der Waals surface area contributed by atoms with Crippen molar-refractivity contribution in [3.8, 4) is 0 Å². The molecule has 174 valence electrons. The molecule has 5 nitrogen and oxygen atoms in total. The standard InChI is InChI=1S/C22H29F3O5S/c1-13(26)29-15-8-10-20(2)14(12-15)4-5-16-17-6-7-19(21(17,3)11-9-18(16)20)30-31(27,28)22(23,24)25/h4,7,15-18H,5-6,8-12H2,1-3H3/t15-,16+,17+,18+,20+,21+/m1/s1. The maximum absolute atomic E-state index is 12.9. The Balaban J connectivity index is 1.55. The summed E-state index contributed by atoms with van der Waals surface area (Å²) < 4.78 is 71.9. The predicted molar refractivity (Wildman–Crippen MR) is 107 cm³/mol. The van der Waals surface area contributed by atoms with Crippen LogP contribution in [-0.4, -0.2) is 26.0 Å². The summed E-state index contributed by atoms with van der Waals surface area (Å²) in [7, 11) is -5.67. The third-order valence-corrected chi connectivity index (χ3v) is 9.35. The molecule has 0 amide bonds. The Bertz CT molecular complexity index is 937. The Morgan fingerprint density at radius 1 is 1.06 bits per heavy atom. The molecule has 0 unspecified atom stereocenters. The number of esters is 1. The van der Waals surface area contributed by atoms with E-state index in [4.69, 9.17) is 4.74 Å². The van der Waals surface area contributed by atoms with Gasteiger partial charge in [0.25, 0.3) is 0 Å². The Morgan fingerprint density at radius 2 is 1.74 bits per heavy atom. The lowest BCUT2D eigenvalue weighted by atomic mass is 9.48. The smallest absolute Gasteiger partial charge is 0.462 e. The first kappa shape index (κ1) is 22.7. The van der Waals surface area contributed by atoms with Gasteiger partial charge in [-0.15, -0.1) is 0 Å². The second kappa shape index (κ2) is 7.25. The first-order valence-electron chi connectivity index (χ1n) is 10.9. The molecule has 6 atom stereocenters. The second-order valence-electron chi connectivity index (χ2n) is 9.98. The van der Waals surface area contributed by atoms with E-state index in [1.165, 1.54) is 12.5 Å². The van der Waals surface area contributed by atoms with Gasteiger partial charge in [-0.1, -0.05) is 25.5 Å². The van der Waals surface area contributed by atoms with Gasteiger partial charge < -0.3 is 8.92 Å². The van der Waals surface area contributed by atoms with E-state index in [0.29, 0.717) is 18.8 Å². The fraction of sp³-hybridized carbons (Fsp3) is 0.773. The number of carbonyl (C=O) groups excluding carboxylic acids is 1. The zero-order chi connectivity index (χ0) is 22.8. The van der Waals surface area contributed by atoms with Crippen LogP contribution in [0.4, 0.5) is 13.2 Å². The van der Waals surface area contributed by atoms with Gasteiger partial charge in [-0.25, -0.2) is 0 Å². The maximum atomic E-state index is 12.9. The van der Waals surface area contributed by atoms with Gasteiger partial charge in [0.1, 0.15) is 11.9 Å². The highest BCUT2D eigenvalue weighted by atomic mass is 32.2. The van der Waals surface area contributed by atoms with Crippen LogP contribution in [0.2, 0.25) is 0 Å². The molecule has 0 aromatic rings. The molecular weight excluding hydrogens is 433 g/mol. The number of rotatable bonds is 3. The largest absolute Gasteiger partial charge is 0.534 e. The molecule has 0 spiro atoms. The van der Waals surface area contributed by atoms with Gasteiger partial charge in [0, 0.05) is 18.8 Å². The van der Waals surface area contributed by atoms with Crippen LogP contribution in [0, 0.1) is 28.6 Å². The molecule has 4 aliphatic rings. The molecule has 0 aromatic heterocycles. The molecule has 0 aromatic carbocycles. The molecule has 2 fully saturated rings. The zero-order valence-electron chi connectivity index (χ0n) is 18.0. The molecular formula is C22H29F3O5S. The molecule has 0 radical (unpaired) electrons. The summed E-state index contributed by atoms with van der Waals surface area (Å²) >= 11 is 0. The number of fused-ring (bicyclic) bond motifs is 5. The lowest BCUT2D eigenvalue weighted by Gasteiger charge is -2.57. The lowest BCUT2D eigenvalue weighted by molar-refractivity contribution is -0.148. The van der Waals surface area contributed by atoms with Crippen LogP contribution in [-0.2, 0) is 23.8 Å². The third-order valence-electron chi connectivity index (χ3n) is 8.38. The van der Waals surface area contributed by atoms with E-state index in [1.807, 2.05) is 6.92 Å². The van der Waals surface area contributed by atoms with Gasteiger partial charge in [-0.3, -0.25) is 4.79 Å². The summed E-state index contributed by atoms with van der Waals surface area (Å²) in [5.41, 5.74) is -4.86. The molecule has 0 N–H and O–H groups in total. The average Bonchev–Trinajstić information content (AvgIpc) is 2.96. The molecule has 9 heteroatoms. The molecule has 4 aliphatic carbocycles. The minimum absolute atomic E-state index is 0.0252. The number of alkyl halides is 3. The Kier molecular flexibility index (Phi) is 5.30. The highest BCUT2D eigenvalue weighted by molar-refractivity contribution is 7.87. The maximum Gasteiger partial charge on any atom is 0.534 e. The van der Waals surface area contributed by atoms with Gasteiger partial charge in [0.15, 0.2) is 0 Å². The SMILES string of the molecule is CC(=O)O[C@@H]1CC[C@@]2(C)C(=CC[C@@H]3[C@@H]2CC[C@]2(C)C(OS(=O)(=O)C(F)(F)F)=CC[C@@H]32)C1. The topological polar surface area (TPSA) is 69.7 Å². The summed E-state index contributed by atoms with van der Waals surface area (Å²) in [5, 5.41) is 0. The summed E-state index contributed by atoms with van der Waals surface area (Å²) in [6.45, 7) is 5.53. The summed E-state index contributed by atoms with van der Waals surface area (Å²) in [6.07, 6.45) is 8.84. The Labute approximate surface area is 181 Å². The Morgan fingerprint density at radius 3 is 2.39 bits per heavy atom. The summed E-state index contributed by atoms with van der Waals surface area (Å²) in [6, 6.07) is 0. The van der Waals surface area contributed by atoms with Crippen molar-refractivity contribution in [1.29, 1.82) is 0 Å². The quantitative estimate of drug-likeness (QED) is 0.248. The first-order valence-corrected chi connectivity index (χ1v) is 12.3. The number of allylic oxidation sites excluding steroid dienone is 3. The second-order valence-corrected chi connectivity index (χ2v) is 11.5. The van der Waals surface area contributed by atoms with E-state index < -0.39 is 21.0 Å². The van der Waals surface area contributed by atoms with Crippen LogP contribution < -0.4 is 0 Å². The van der Waals surface area contributed by atoms with Crippen LogP contribution in [0.1, 0.15) is 65.7 Å². The van der Waals surface area contributed by atoms with Crippen molar-refractivity contribution in [1.82, 2.24) is 0 Å². The van der Waals surface area contributed by atoms with E-state index in [-0.39, 0.29) is 35.1 Å². The van der Waals surface area contributed by atoms with Crippen LogP contribution in [0.5, 0.6) is 0 Å². The van der Waals surface area contributed by atoms with E-state index in [0.717, 1.165) is 32.1 Å². The molecule has 2 saturated carbocycles. The normalized spacial score (nSPS) is 40.1. The number of hydrogen-bond acceptors (Lipinski definition) is 5. The fourth-order valence-corrected chi connectivity index (χ4v) is 7.37. The number of carbonyl (C=O) groups is 1. The first-order chi connectivity index (χ1) is 14.3.